The van der Waals surface area contributed by atoms with Gasteiger partial charge >= 0.3 is 5.97 Å². The summed E-state index contributed by atoms with van der Waals surface area (Å²) in [5, 5.41) is 12.8. The zero-order valence-corrected chi connectivity index (χ0v) is 15.6. The van der Waals surface area contributed by atoms with E-state index in [-0.39, 0.29) is 22.7 Å². The molecule has 0 amide bonds. The van der Waals surface area contributed by atoms with Gasteiger partial charge in [-0.05, 0) is 35.1 Å². The van der Waals surface area contributed by atoms with Gasteiger partial charge in [-0.15, -0.1) is 0 Å². The number of hydrogen-bond acceptors (Lipinski definition) is 4. The Kier molecular flexibility index (Phi) is 4.50. The van der Waals surface area contributed by atoms with Crippen LogP contribution in [0.1, 0.15) is 39.4 Å². The molecule has 26 heavy (non-hydrogen) atoms. The van der Waals surface area contributed by atoms with Gasteiger partial charge in [-0.2, -0.15) is 5.26 Å². The van der Waals surface area contributed by atoms with Crippen molar-refractivity contribution in [1.82, 2.24) is 0 Å². The van der Waals surface area contributed by atoms with Crippen LogP contribution in [0, 0.1) is 28.1 Å². The van der Waals surface area contributed by atoms with Crippen molar-refractivity contribution < 1.29 is 9.53 Å². The summed E-state index contributed by atoms with van der Waals surface area (Å²) in [6.45, 7) is 8.24. The molecule has 1 unspecified atom stereocenters. The highest BCUT2D eigenvalue weighted by Crippen LogP contribution is 2.68. The van der Waals surface area contributed by atoms with Crippen molar-refractivity contribution >= 4 is 17.3 Å². The number of nitrogens with one attached hydrogen (secondary N) is 1. The van der Waals surface area contributed by atoms with Gasteiger partial charge in [0.25, 0.3) is 0 Å². The Morgan fingerprint density at radius 1 is 1.04 bits per heavy atom. The minimum Gasteiger partial charge on any atom is -0.442 e. The molecule has 1 N–H and O–H groups in total. The first-order valence-electron chi connectivity index (χ1n) is 8.79. The third-order valence-electron chi connectivity index (χ3n) is 5.86. The lowest BCUT2D eigenvalue weighted by Crippen LogP contribution is -2.15. The van der Waals surface area contributed by atoms with Crippen LogP contribution in [0.25, 0.3) is 0 Å². The Bertz CT molecular complexity index is 836. The van der Waals surface area contributed by atoms with E-state index < -0.39 is 6.10 Å². The summed E-state index contributed by atoms with van der Waals surface area (Å²) in [4.78, 5) is 12.6. The van der Waals surface area contributed by atoms with E-state index >= 15 is 0 Å². The fraction of sp³-hybridized carbons (Fsp3) is 0.364. The zero-order valence-electron chi connectivity index (χ0n) is 15.6. The Labute approximate surface area is 154 Å². The number of carbonyl (C=O) groups is 1. The van der Waals surface area contributed by atoms with Crippen LogP contribution in [0.3, 0.4) is 0 Å². The third kappa shape index (κ3) is 3.17. The number of ether oxygens (including phenoxy) is 1. The van der Waals surface area contributed by atoms with Crippen molar-refractivity contribution in [2.24, 2.45) is 16.7 Å². The smallest absolute Gasteiger partial charge is 0.311 e. The van der Waals surface area contributed by atoms with E-state index in [1.165, 1.54) is 0 Å². The molecule has 0 saturated heterocycles. The van der Waals surface area contributed by atoms with Crippen LogP contribution in [0.5, 0.6) is 0 Å². The Balaban J connectivity index is 1.74. The SMILES string of the molecule is CC1(C)C(C(=O)OC(C#N)c2cccc(Nc3ccccc3)c2)C1(C)C. The predicted octanol–water partition coefficient (Wildman–Crippen LogP) is 5.22. The van der Waals surface area contributed by atoms with Gasteiger partial charge in [-0.25, -0.2) is 0 Å². The second-order valence-corrected chi connectivity index (χ2v) is 7.94. The highest BCUT2D eigenvalue weighted by atomic mass is 16.5. The molecule has 1 aliphatic carbocycles. The summed E-state index contributed by atoms with van der Waals surface area (Å²) < 4.78 is 5.56. The lowest BCUT2D eigenvalue weighted by Gasteiger charge is -2.14. The van der Waals surface area contributed by atoms with E-state index in [0.29, 0.717) is 5.56 Å². The van der Waals surface area contributed by atoms with E-state index in [9.17, 15) is 10.1 Å². The first kappa shape index (κ1) is 18.0. The van der Waals surface area contributed by atoms with Crippen LogP contribution in [0.15, 0.2) is 54.6 Å². The van der Waals surface area contributed by atoms with Crippen molar-refractivity contribution in [3.8, 4) is 6.07 Å². The molecule has 0 heterocycles. The molecule has 1 aliphatic rings. The molecule has 3 rings (SSSR count). The summed E-state index contributed by atoms with van der Waals surface area (Å²) >= 11 is 0. The summed E-state index contributed by atoms with van der Waals surface area (Å²) in [7, 11) is 0. The molecular formula is C22H24N2O2. The molecule has 4 nitrogen and oxygen atoms in total. The lowest BCUT2D eigenvalue weighted by atomic mass is 10.0. The minimum atomic E-state index is -0.910. The Morgan fingerprint density at radius 2 is 1.65 bits per heavy atom. The van der Waals surface area contributed by atoms with Gasteiger partial charge in [-0.1, -0.05) is 58.0 Å². The first-order chi connectivity index (χ1) is 12.3. The number of para-hydroxylation sites is 1. The van der Waals surface area contributed by atoms with Crippen LogP contribution in [-0.2, 0) is 9.53 Å². The van der Waals surface area contributed by atoms with Crippen LogP contribution in [0.4, 0.5) is 11.4 Å². The van der Waals surface area contributed by atoms with Gasteiger partial charge in [0.05, 0.1) is 5.92 Å². The van der Waals surface area contributed by atoms with Crippen LogP contribution in [0.2, 0.25) is 0 Å². The van der Waals surface area contributed by atoms with Crippen LogP contribution in [-0.4, -0.2) is 5.97 Å². The number of esters is 1. The second kappa shape index (κ2) is 6.49. The number of nitrogens with zero attached hydrogens (tertiary/aromatic N) is 1. The molecule has 2 aromatic carbocycles. The van der Waals surface area contributed by atoms with Gasteiger partial charge < -0.3 is 10.1 Å². The van der Waals surface area contributed by atoms with E-state index in [2.05, 4.69) is 39.1 Å². The number of nitriles is 1. The molecule has 0 spiro atoms. The van der Waals surface area contributed by atoms with E-state index in [1.54, 1.807) is 6.07 Å². The quantitative estimate of drug-likeness (QED) is 0.753. The normalized spacial score (nSPS) is 18.4. The number of anilines is 2. The van der Waals surface area contributed by atoms with Crippen molar-refractivity contribution in [3.05, 3.63) is 60.2 Å². The molecule has 0 aliphatic heterocycles. The lowest BCUT2D eigenvalue weighted by molar-refractivity contribution is -0.150. The monoisotopic (exact) mass is 348 g/mol. The summed E-state index contributed by atoms with van der Waals surface area (Å²) in [6, 6.07) is 19.3. The molecular weight excluding hydrogens is 324 g/mol. The zero-order chi connectivity index (χ0) is 18.9. The average molecular weight is 348 g/mol. The molecule has 1 saturated carbocycles. The fourth-order valence-corrected chi connectivity index (χ4v) is 3.61. The molecule has 0 radical (unpaired) electrons. The van der Waals surface area contributed by atoms with Crippen LogP contribution < -0.4 is 5.32 Å². The van der Waals surface area contributed by atoms with Crippen molar-refractivity contribution in [2.45, 2.75) is 33.8 Å². The molecule has 1 atom stereocenters. The summed E-state index contributed by atoms with van der Waals surface area (Å²) in [5.41, 5.74) is 2.24. The summed E-state index contributed by atoms with van der Waals surface area (Å²) in [6.07, 6.45) is -0.910. The molecule has 2 aromatic rings. The van der Waals surface area contributed by atoms with Gasteiger partial charge in [0.2, 0.25) is 6.10 Å². The van der Waals surface area contributed by atoms with Gasteiger partial charge in [0.1, 0.15) is 6.07 Å². The second-order valence-electron chi connectivity index (χ2n) is 7.94. The van der Waals surface area contributed by atoms with E-state index in [1.807, 2.05) is 48.5 Å². The van der Waals surface area contributed by atoms with Gasteiger partial charge in [-0.3, -0.25) is 4.79 Å². The molecule has 0 aromatic heterocycles. The van der Waals surface area contributed by atoms with E-state index in [4.69, 9.17) is 4.74 Å². The molecule has 4 heteroatoms. The van der Waals surface area contributed by atoms with Gasteiger partial charge in [0, 0.05) is 16.9 Å². The highest BCUT2D eigenvalue weighted by Gasteiger charge is 2.69. The predicted molar refractivity (Wildman–Crippen MR) is 102 cm³/mol. The minimum absolute atomic E-state index is 0.110. The molecule has 1 fully saturated rings. The molecule has 134 valence electrons. The topological polar surface area (TPSA) is 62.1 Å². The highest BCUT2D eigenvalue weighted by molar-refractivity contribution is 5.79. The fourth-order valence-electron chi connectivity index (χ4n) is 3.61. The number of rotatable bonds is 5. The van der Waals surface area contributed by atoms with E-state index in [0.717, 1.165) is 11.4 Å². The maximum atomic E-state index is 12.6. The van der Waals surface area contributed by atoms with Gasteiger partial charge in [0.15, 0.2) is 0 Å². The Hall–Kier alpha value is -2.80. The molecule has 0 bridgehead atoms. The number of carbonyl (C=O) groups excluding carboxylic acids is 1. The number of benzene rings is 2. The van der Waals surface area contributed by atoms with Crippen molar-refractivity contribution in [3.63, 3.8) is 0 Å². The van der Waals surface area contributed by atoms with Crippen molar-refractivity contribution in [2.75, 3.05) is 5.32 Å². The third-order valence-corrected chi connectivity index (χ3v) is 5.86. The number of hydrogen-bond donors (Lipinski definition) is 1. The maximum Gasteiger partial charge on any atom is 0.311 e. The first-order valence-corrected chi connectivity index (χ1v) is 8.79. The average Bonchev–Trinajstić information content (AvgIpc) is 3.02. The largest absolute Gasteiger partial charge is 0.442 e. The van der Waals surface area contributed by atoms with Crippen LogP contribution >= 0.6 is 0 Å². The standard InChI is InChI=1S/C22H24N2O2/c1-21(2)19(22(21,3)4)20(25)26-18(14-23)15-9-8-12-17(13-15)24-16-10-6-5-7-11-16/h5-13,18-19,24H,1-4H3. The Morgan fingerprint density at radius 3 is 2.23 bits per heavy atom. The van der Waals surface area contributed by atoms with Crippen molar-refractivity contribution in [1.29, 1.82) is 5.26 Å². The maximum absolute atomic E-state index is 12.6. The summed E-state index contributed by atoms with van der Waals surface area (Å²) in [5.74, 6) is -0.482.